The Hall–Kier alpha value is -2.41. The molecule has 1 aromatic carbocycles. The minimum absolute atomic E-state index is 0.117. The number of nitrogens with zero attached hydrogens (tertiary/aromatic N) is 3. The second kappa shape index (κ2) is 6.78. The van der Waals surface area contributed by atoms with Crippen LogP contribution < -0.4 is 4.90 Å². The van der Waals surface area contributed by atoms with Crippen molar-refractivity contribution in [2.24, 2.45) is 0 Å². The van der Waals surface area contributed by atoms with Gasteiger partial charge in [-0.1, -0.05) is 18.2 Å². The molecule has 0 N–H and O–H groups in total. The highest BCUT2D eigenvalue weighted by Gasteiger charge is 2.25. The Morgan fingerprint density at radius 2 is 1.87 bits per heavy atom. The van der Waals surface area contributed by atoms with E-state index in [2.05, 4.69) is 0 Å². The molecule has 1 fully saturated rings. The van der Waals surface area contributed by atoms with Gasteiger partial charge in [-0.3, -0.25) is 14.9 Å². The predicted octanol–water partition coefficient (Wildman–Crippen LogP) is 2.55. The van der Waals surface area contributed by atoms with Crippen LogP contribution in [0.5, 0.6) is 0 Å². The average Bonchev–Trinajstić information content (AvgIpc) is 3.08. The van der Waals surface area contributed by atoms with E-state index in [0.717, 1.165) is 4.88 Å². The number of amides is 1. The molecular weight excluding hydrogens is 314 g/mol. The number of anilines is 1. The lowest BCUT2D eigenvalue weighted by Crippen LogP contribution is -2.49. The number of rotatable bonds is 4. The Morgan fingerprint density at radius 3 is 2.52 bits per heavy atom. The van der Waals surface area contributed by atoms with E-state index in [1.54, 1.807) is 29.5 Å². The SMILES string of the molecule is O=C(Cc1cccs1)N1CCN(c2ccccc2[N+](=O)[O-])CC1. The van der Waals surface area contributed by atoms with Gasteiger partial charge in [0.1, 0.15) is 5.69 Å². The number of nitro groups is 1. The van der Waals surface area contributed by atoms with Crippen LogP contribution >= 0.6 is 11.3 Å². The first-order valence-corrected chi connectivity index (χ1v) is 8.31. The molecule has 1 aliphatic rings. The second-order valence-electron chi connectivity index (χ2n) is 5.37. The van der Waals surface area contributed by atoms with Crippen LogP contribution in [0.15, 0.2) is 41.8 Å². The minimum Gasteiger partial charge on any atom is -0.362 e. The Kier molecular flexibility index (Phi) is 4.57. The van der Waals surface area contributed by atoms with Crippen molar-refractivity contribution < 1.29 is 9.72 Å². The molecule has 0 radical (unpaired) electrons. The van der Waals surface area contributed by atoms with E-state index in [9.17, 15) is 14.9 Å². The van der Waals surface area contributed by atoms with Gasteiger partial charge in [0, 0.05) is 37.1 Å². The molecule has 0 unspecified atom stereocenters. The zero-order valence-corrected chi connectivity index (χ0v) is 13.4. The number of carbonyl (C=O) groups is 1. The third-order valence-corrected chi connectivity index (χ3v) is 4.83. The third-order valence-electron chi connectivity index (χ3n) is 3.96. The first kappa shape index (κ1) is 15.5. The van der Waals surface area contributed by atoms with E-state index in [0.29, 0.717) is 38.3 Å². The van der Waals surface area contributed by atoms with Crippen molar-refractivity contribution in [2.75, 3.05) is 31.1 Å². The Morgan fingerprint density at radius 1 is 1.13 bits per heavy atom. The molecule has 0 spiro atoms. The smallest absolute Gasteiger partial charge is 0.292 e. The van der Waals surface area contributed by atoms with Crippen LogP contribution in [-0.4, -0.2) is 41.9 Å². The molecule has 1 saturated heterocycles. The van der Waals surface area contributed by atoms with Crippen LogP contribution in [0.3, 0.4) is 0 Å². The van der Waals surface area contributed by atoms with Crippen LogP contribution in [-0.2, 0) is 11.2 Å². The highest BCUT2D eigenvalue weighted by Crippen LogP contribution is 2.28. The summed E-state index contributed by atoms with van der Waals surface area (Å²) < 4.78 is 0. The molecule has 3 rings (SSSR count). The van der Waals surface area contributed by atoms with Crippen molar-refractivity contribution in [3.63, 3.8) is 0 Å². The number of thiophene rings is 1. The summed E-state index contributed by atoms with van der Waals surface area (Å²) in [6.07, 6.45) is 0.434. The van der Waals surface area contributed by atoms with Crippen LogP contribution in [0.25, 0.3) is 0 Å². The topological polar surface area (TPSA) is 66.7 Å². The summed E-state index contributed by atoms with van der Waals surface area (Å²) in [4.78, 5) is 27.9. The van der Waals surface area contributed by atoms with Crippen molar-refractivity contribution in [1.29, 1.82) is 0 Å². The van der Waals surface area contributed by atoms with Gasteiger partial charge in [-0.25, -0.2) is 0 Å². The average molecular weight is 331 g/mol. The molecule has 0 atom stereocenters. The summed E-state index contributed by atoms with van der Waals surface area (Å²) >= 11 is 1.58. The van der Waals surface area contributed by atoms with Crippen LogP contribution in [0.4, 0.5) is 11.4 Å². The number of nitro benzene ring substituents is 1. The van der Waals surface area contributed by atoms with Gasteiger partial charge in [-0.05, 0) is 17.5 Å². The Bertz CT molecular complexity index is 694. The van der Waals surface area contributed by atoms with E-state index in [4.69, 9.17) is 0 Å². The highest BCUT2D eigenvalue weighted by atomic mass is 32.1. The maximum atomic E-state index is 12.3. The molecule has 1 aliphatic heterocycles. The third kappa shape index (κ3) is 3.50. The lowest BCUT2D eigenvalue weighted by Gasteiger charge is -2.35. The van der Waals surface area contributed by atoms with Crippen LogP contribution in [0.2, 0.25) is 0 Å². The zero-order chi connectivity index (χ0) is 16.2. The fourth-order valence-electron chi connectivity index (χ4n) is 2.76. The fourth-order valence-corrected chi connectivity index (χ4v) is 3.45. The summed E-state index contributed by atoms with van der Waals surface area (Å²) in [7, 11) is 0. The van der Waals surface area contributed by atoms with Gasteiger partial charge in [0.05, 0.1) is 11.3 Å². The maximum Gasteiger partial charge on any atom is 0.292 e. The molecule has 120 valence electrons. The monoisotopic (exact) mass is 331 g/mol. The predicted molar refractivity (Wildman–Crippen MR) is 89.9 cm³/mol. The number of benzene rings is 1. The maximum absolute atomic E-state index is 12.3. The summed E-state index contributed by atoms with van der Waals surface area (Å²) in [5, 5.41) is 13.1. The van der Waals surface area contributed by atoms with Crippen LogP contribution in [0, 0.1) is 10.1 Å². The van der Waals surface area contributed by atoms with E-state index < -0.39 is 0 Å². The van der Waals surface area contributed by atoms with Gasteiger partial charge < -0.3 is 9.80 Å². The van der Waals surface area contributed by atoms with E-state index >= 15 is 0 Å². The summed E-state index contributed by atoms with van der Waals surface area (Å²) in [6, 6.07) is 10.7. The van der Waals surface area contributed by atoms with Gasteiger partial charge in [-0.15, -0.1) is 11.3 Å². The molecule has 2 heterocycles. The number of para-hydroxylation sites is 2. The Labute approximate surface area is 138 Å². The largest absolute Gasteiger partial charge is 0.362 e. The molecule has 0 aliphatic carbocycles. The van der Waals surface area contributed by atoms with Gasteiger partial charge in [-0.2, -0.15) is 0 Å². The van der Waals surface area contributed by atoms with Crippen molar-refractivity contribution >= 4 is 28.6 Å². The van der Waals surface area contributed by atoms with Crippen LogP contribution in [0.1, 0.15) is 4.88 Å². The first-order chi connectivity index (χ1) is 11.1. The standard InChI is InChI=1S/C16H17N3O3S/c20-16(12-13-4-3-11-23-13)18-9-7-17(8-10-18)14-5-1-2-6-15(14)19(21)22/h1-6,11H,7-10,12H2. The fraction of sp³-hybridized carbons (Fsp3) is 0.312. The molecule has 0 saturated carbocycles. The Balaban J connectivity index is 1.62. The number of carbonyl (C=O) groups excluding carboxylic acids is 1. The number of hydrogen-bond acceptors (Lipinski definition) is 5. The van der Waals surface area contributed by atoms with E-state index in [1.165, 1.54) is 6.07 Å². The van der Waals surface area contributed by atoms with E-state index in [1.807, 2.05) is 27.3 Å². The van der Waals surface area contributed by atoms with Gasteiger partial charge >= 0.3 is 0 Å². The molecule has 1 amide bonds. The van der Waals surface area contributed by atoms with Crippen molar-refractivity contribution in [1.82, 2.24) is 4.90 Å². The number of piperazine rings is 1. The molecule has 6 nitrogen and oxygen atoms in total. The van der Waals surface area contributed by atoms with Gasteiger partial charge in [0.25, 0.3) is 5.69 Å². The number of hydrogen-bond donors (Lipinski definition) is 0. The van der Waals surface area contributed by atoms with E-state index in [-0.39, 0.29) is 16.5 Å². The van der Waals surface area contributed by atoms with Crippen molar-refractivity contribution in [2.45, 2.75) is 6.42 Å². The van der Waals surface area contributed by atoms with Gasteiger partial charge in [0.15, 0.2) is 0 Å². The summed E-state index contributed by atoms with van der Waals surface area (Å²) in [5.41, 5.74) is 0.744. The molecule has 7 heteroatoms. The lowest BCUT2D eigenvalue weighted by molar-refractivity contribution is -0.384. The van der Waals surface area contributed by atoms with Gasteiger partial charge in [0.2, 0.25) is 5.91 Å². The zero-order valence-electron chi connectivity index (χ0n) is 12.6. The molecule has 2 aromatic rings. The molecular formula is C16H17N3O3S. The normalized spacial score (nSPS) is 14.8. The molecule has 23 heavy (non-hydrogen) atoms. The molecule has 1 aromatic heterocycles. The van der Waals surface area contributed by atoms with Crippen molar-refractivity contribution in [3.8, 4) is 0 Å². The van der Waals surface area contributed by atoms with Crippen molar-refractivity contribution in [3.05, 3.63) is 56.8 Å². The lowest BCUT2D eigenvalue weighted by atomic mass is 10.2. The minimum atomic E-state index is -0.357. The second-order valence-corrected chi connectivity index (χ2v) is 6.40. The molecule has 0 bridgehead atoms. The quantitative estimate of drug-likeness (QED) is 0.638. The summed E-state index contributed by atoms with van der Waals surface area (Å²) in [6.45, 7) is 2.41. The first-order valence-electron chi connectivity index (χ1n) is 7.43. The highest BCUT2D eigenvalue weighted by molar-refractivity contribution is 7.10. The summed E-state index contributed by atoms with van der Waals surface area (Å²) in [5.74, 6) is 0.120.